The summed E-state index contributed by atoms with van der Waals surface area (Å²) in [5.41, 5.74) is -0.0831. The van der Waals surface area contributed by atoms with Crippen molar-refractivity contribution in [1.29, 1.82) is 0 Å². The van der Waals surface area contributed by atoms with E-state index in [-0.39, 0.29) is 5.56 Å². The van der Waals surface area contributed by atoms with Gasteiger partial charge >= 0.3 is 0 Å². The Morgan fingerprint density at radius 3 is 3.16 bits per heavy atom. The van der Waals surface area contributed by atoms with E-state index in [1.807, 2.05) is 5.38 Å². The van der Waals surface area contributed by atoms with Crippen molar-refractivity contribution < 1.29 is 4.52 Å². The van der Waals surface area contributed by atoms with E-state index in [2.05, 4.69) is 15.1 Å². The summed E-state index contributed by atoms with van der Waals surface area (Å²) in [5.74, 6) is 1.09. The lowest BCUT2D eigenvalue weighted by molar-refractivity contribution is 0.386. The van der Waals surface area contributed by atoms with Crippen molar-refractivity contribution in [2.45, 2.75) is 19.9 Å². The van der Waals surface area contributed by atoms with Gasteiger partial charge in [0.25, 0.3) is 5.56 Å². The summed E-state index contributed by atoms with van der Waals surface area (Å²) < 4.78 is 6.83. The molecule has 0 saturated heterocycles. The van der Waals surface area contributed by atoms with E-state index in [0.717, 1.165) is 4.83 Å². The van der Waals surface area contributed by atoms with E-state index >= 15 is 0 Å². The number of hydrogen-bond donors (Lipinski definition) is 1. The van der Waals surface area contributed by atoms with Crippen molar-refractivity contribution in [3.05, 3.63) is 38.3 Å². The molecule has 3 aromatic heterocycles. The molecule has 8 heteroatoms. The topological polar surface area (TPSA) is 76.7 Å². The number of aromatic nitrogens is 4. The van der Waals surface area contributed by atoms with Crippen molar-refractivity contribution in [3.63, 3.8) is 0 Å². The number of aryl methyl sites for hydroxylation is 2. The fourth-order valence-corrected chi connectivity index (χ4v) is 2.95. The van der Waals surface area contributed by atoms with Gasteiger partial charge in [-0.2, -0.15) is 4.98 Å². The minimum Gasteiger partial charge on any atom is -0.340 e. The highest BCUT2D eigenvalue weighted by Gasteiger charge is 2.08. The highest BCUT2D eigenvalue weighted by molar-refractivity contribution is 7.71. The van der Waals surface area contributed by atoms with Crippen LogP contribution in [0.5, 0.6) is 0 Å². The molecule has 3 rings (SSSR count). The third kappa shape index (κ3) is 2.24. The summed E-state index contributed by atoms with van der Waals surface area (Å²) in [6.07, 6.45) is 0.504. The molecular formula is C11H10N4O2S2. The zero-order valence-corrected chi connectivity index (χ0v) is 11.7. The van der Waals surface area contributed by atoms with Crippen molar-refractivity contribution in [2.24, 2.45) is 0 Å². The van der Waals surface area contributed by atoms with Crippen LogP contribution in [0.4, 0.5) is 0 Å². The van der Waals surface area contributed by atoms with E-state index in [1.165, 1.54) is 15.9 Å². The zero-order chi connectivity index (χ0) is 13.4. The smallest absolute Gasteiger partial charge is 0.263 e. The Labute approximate surface area is 116 Å². The summed E-state index contributed by atoms with van der Waals surface area (Å²) in [5, 5.41) is 6.32. The van der Waals surface area contributed by atoms with Crippen LogP contribution in [0.2, 0.25) is 0 Å². The molecule has 19 heavy (non-hydrogen) atoms. The maximum absolute atomic E-state index is 12.3. The second kappa shape index (κ2) is 4.71. The van der Waals surface area contributed by atoms with Gasteiger partial charge in [-0.05, 0) is 23.7 Å². The number of nitrogens with zero attached hydrogens (tertiary/aromatic N) is 3. The quantitative estimate of drug-likeness (QED) is 0.748. The molecule has 0 atom stereocenters. The molecule has 98 valence electrons. The van der Waals surface area contributed by atoms with Crippen LogP contribution in [0.3, 0.4) is 0 Å². The Bertz CT molecular complexity index is 842. The maximum Gasteiger partial charge on any atom is 0.263 e. The number of aromatic amines is 1. The molecule has 3 aromatic rings. The van der Waals surface area contributed by atoms with Crippen LogP contribution in [0, 0.1) is 11.7 Å². The molecule has 0 amide bonds. The molecule has 0 aliphatic heterocycles. The second-order valence-electron chi connectivity index (χ2n) is 4.03. The second-order valence-corrected chi connectivity index (χ2v) is 5.33. The summed E-state index contributed by atoms with van der Waals surface area (Å²) in [6.45, 7) is 2.16. The minimum absolute atomic E-state index is 0.0831. The summed E-state index contributed by atoms with van der Waals surface area (Å²) in [6, 6.07) is 1.79. The lowest BCUT2D eigenvalue weighted by atomic mass is 10.3. The van der Waals surface area contributed by atoms with Crippen LogP contribution in [-0.4, -0.2) is 19.7 Å². The Morgan fingerprint density at radius 2 is 2.42 bits per heavy atom. The first-order valence-electron chi connectivity index (χ1n) is 5.64. The van der Waals surface area contributed by atoms with Crippen LogP contribution < -0.4 is 5.56 Å². The molecule has 6 nitrogen and oxygen atoms in total. The number of fused-ring (bicyclic) bond motifs is 1. The molecule has 0 fully saturated rings. The predicted octanol–water partition coefficient (Wildman–Crippen LogP) is 2.05. The lowest BCUT2D eigenvalue weighted by Crippen LogP contribution is -2.22. The zero-order valence-electron chi connectivity index (χ0n) is 10.0. The molecule has 0 aliphatic rings. The van der Waals surface area contributed by atoms with E-state index in [0.29, 0.717) is 34.8 Å². The molecule has 0 radical (unpaired) electrons. The van der Waals surface area contributed by atoms with E-state index in [4.69, 9.17) is 16.7 Å². The molecule has 0 aliphatic carbocycles. The fraction of sp³-hybridized carbons (Fsp3) is 0.273. The van der Waals surface area contributed by atoms with Gasteiger partial charge in [-0.1, -0.05) is 5.16 Å². The predicted molar refractivity (Wildman–Crippen MR) is 74.0 cm³/mol. The minimum atomic E-state index is -0.0831. The van der Waals surface area contributed by atoms with Gasteiger partial charge in [0.15, 0.2) is 10.6 Å². The average Bonchev–Trinajstić information content (AvgIpc) is 2.98. The SMILES string of the molecule is Cc1nc(CCn2c(=S)[nH]c3sccc3c2=O)no1. The number of H-pyrrole nitrogens is 1. The van der Waals surface area contributed by atoms with Gasteiger partial charge in [-0.3, -0.25) is 9.36 Å². The van der Waals surface area contributed by atoms with Crippen molar-refractivity contribution >= 4 is 33.8 Å². The van der Waals surface area contributed by atoms with Gasteiger partial charge < -0.3 is 9.51 Å². The van der Waals surface area contributed by atoms with E-state index < -0.39 is 0 Å². The van der Waals surface area contributed by atoms with Crippen molar-refractivity contribution in [2.75, 3.05) is 0 Å². The number of thiophene rings is 1. The number of hydrogen-bond acceptors (Lipinski definition) is 6. The van der Waals surface area contributed by atoms with Gasteiger partial charge in [0, 0.05) is 19.9 Å². The molecule has 0 unspecified atom stereocenters. The van der Waals surface area contributed by atoms with Gasteiger partial charge in [0.05, 0.1) is 5.39 Å². The first-order valence-corrected chi connectivity index (χ1v) is 6.93. The Morgan fingerprint density at radius 1 is 1.58 bits per heavy atom. The van der Waals surface area contributed by atoms with Crippen LogP contribution in [-0.2, 0) is 13.0 Å². The molecular weight excluding hydrogens is 284 g/mol. The van der Waals surface area contributed by atoms with Gasteiger partial charge in [0.2, 0.25) is 5.89 Å². The first kappa shape index (κ1) is 12.2. The van der Waals surface area contributed by atoms with Gasteiger partial charge in [0.1, 0.15) is 4.83 Å². The lowest BCUT2D eigenvalue weighted by Gasteiger charge is -2.04. The summed E-state index contributed by atoms with van der Waals surface area (Å²) in [4.78, 5) is 20.2. The molecule has 3 heterocycles. The Hall–Kier alpha value is -1.80. The van der Waals surface area contributed by atoms with E-state index in [1.54, 1.807) is 13.0 Å². The Kier molecular flexibility index (Phi) is 3.03. The molecule has 0 spiro atoms. The maximum atomic E-state index is 12.3. The highest BCUT2D eigenvalue weighted by Crippen LogP contribution is 2.14. The third-order valence-corrected chi connectivity index (χ3v) is 3.89. The third-order valence-electron chi connectivity index (χ3n) is 2.74. The van der Waals surface area contributed by atoms with Crippen LogP contribution >= 0.6 is 23.6 Å². The van der Waals surface area contributed by atoms with Crippen LogP contribution in [0.1, 0.15) is 11.7 Å². The van der Waals surface area contributed by atoms with Gasteiger partial charge in [-0.25, -0.2) is 0 Å². The van der Waals surface area contributed by atoms with E-state index in [9.17, 15) is 4.79 Å². The molecule has 0 bridgehead atoms. The Balaban J connectivity index is 1.96. The number of nitrogens with one attached hydrogen (secondary N) is 1. The average molecular weight is 294 g/mol. The monoisotopic (exact) mass is 294 g/mol. The van der Waals surface area contributed by atoms with Crippen LogP contribution in [0.15, 0.2) is 20.8 Å². The van der Waals surface area contributed by atoms with Crippen molar-refractivity contribution in [1.82, 2.24) is 19.7 Å². The molecule has 1 N–H and O–H groups in total. The summed E-state index contributed by atoms with van der Waals surface area (Å²) in [7, 11) is 0. The number of rotatable bonds is 3. The first-order chi connectivity index (χ1) is 9.15. The largest absolute Gasteiger partial charge is 0.340 e. The van der Waals surface area contributed by atoms with Gasteiger partial charge in [-0.15, -0.1) is 11.3 Å². The van der Waals surface area contributed by atoms with Crippen molar-refractivity contribution in [3.8, 4) is 0 Å². The highest BCUT2D eigenvalue weighted by atomic mass is 32.1. The fourth-order valence-electron chi connectivity index (χ4n) is 1.83. The normalized spacial score (nSPS) is 11.2. The standard InChI is InChI=1S/C11H10N4O2S2/c1-6-12-8(14-17-6)2-4-15-10(16)7-3-5-19-9(7)13-11(15)18/h3,5H,2,4H2,1H3,(H,13,18). The summed E-state index contributed by atoms with van der Waals surface area (Å²) >= 11 is 6.67. The molecule has 0 aromatic carbocycles. The molecule has 0 saturated carbocycles. The van der Waals surface area contributed by atoms with Crippen LogP contribution in [0.25, 0.3) is 10.2 Å².